The number of aryl methyl sites for hydroxylation is 1. The third-order valence-corrected chi connectivity index (χ3v) is 4.49. The van der Waals surface area contributed by atoms with Crippen molar-refractivity contribution in [2.45, 2.75) is 32.2 Å². The smallest absolute Gasteiger partial charge is 0.321 e. The molecular weight excluding hydrogens is 297 g/mol. The van der Waals surface area contributed by atoms with Crippen LogP contribution in [-0.4, -0.2) is 60.3 Å². The Morgan fingerprint density at radius 2 is 2.13 bits per heavy atom. The summed E-state index contributed by atoms with van der Waals surface area (Å²) in [5.41, 5.74) is 1.37. The third-order valence-electron chi connectivity index (χ3n) is 4.49. The molecule has 0 spiro atoms. The number of benzene rings is 1. The summed E-state index contributed by atoms with van der Waals surface area (Å²) in [5.74, 6) is -0.352. The van der Waals surface area contributed by atoms with Crippen molar-refractivity contribution in [2.24, 2.45) is 0 Å². The normalized spacial score (nSPS) is 16.0. The Morgan fingerprint density at radius 1 is 1.43 bits per heavy atom. The van der Waals surface area contributed by atoms with Gasteiger partial charge in [0.2, 0.25) is 0 Å². The number of carbonyl (C=O) groups is 1. The molecule has 1 aliphatic rings. The maximum atomic E-state index is 13.3. The van der Waals surface area contributed by atoms with Crippen molar-refractivity contribution in [1.29, 1.82) is 0 Å². The number of aliphatic hydroxyl groups is 1. The first kappa shape index (κ1) is 17.7. The molecule has 23 heavy (non-hydrogen) atoms. The lowest BCUT2D eigenvalue weighted by Crippen LogP contribution is -2.47. The van der Waals surface area contributed by atoms with E-state index in [4.69, 9.17) is 5.11 Å². The van der Waals surface area contributed by atoms with E-state index < -0.39 is 0 Å². The van der Waals surface area contributed by atoms with Crippen molar-refractivity contribution in [3.63, 3.8) is 0 Å². The van der Waals surface area contributed by atoms with Crippen LogP contribution in [0.3, 0.4) is 0 Å². The number of piperidine rings is 1. The summed E-state index contributed by atoms with van der Waals surface area (Å²) in [6, 6.07) is 4.67. The molecule has 0 radical (unpaired) electrons. The van der Waals surface area contributed by atoms with E-state index >= 15 is 0 Å². The van der Waals surface area contributed by atoms with E-state index in [0.717, 1.165) is 31.4 Å². The molecule has 1 fully saturated rings. The third kappa shape index (κ3) is 4.91. The van der Waals surface area contributed by atoms with Gasteiger partial charge in [-0.2, -0.15) is 0 Å². The molecule has 0 aromatic heterocycles. The molecule has 2 rings (SSSR count). The van der Waals surface area contributed by atoms with Gasteiger partial charge in [0, 0.05) is 38.0 Å². The van der Waals surface area contributed by atoms with Gasteiger partial charge in [0.05, 0.1) is 0 Å². The first-order valence-corrected chi connectivity index (χ1v) is 8.14. The lowest BCUT2D eigenvalue weighted by atomic mass is 10.0. The number of amides is 2. The molecule has 1 aromatic carbocycles. The standard InChI is InChI=1S/C17H26FN3O2/c1-13-4-5-14(18)12-16(13)19-17(23)21-9-6-15(7-10-21)20(2)8-3-11-22/h4-5,12,15,22H,3,6-11H2,1-2H3,(H,19,23). The molecule has 0 bridgehead atoms. The van der Waals surface area contributed by atoms with Crippen molar-refractivity contribution in [3.8, 4) is 0 Å². The first-order chi connectivity index (χ1) is 11.0. The van der Waals surface area contributed by atoms with Crippen LogP contribution < -0.4 is 5.32 Å². The zero-order valence-corrected chi connectivity index (χ0v) is 13.9. The highest BCUT2D eigenvalue weighted by atomic mass is 19.1. The van der Waals surface area contributed by atoms with Crippen LogP contribution in [-0.2, 0) is 0 Å². The minimum Gasteiger partial charge on any atom is -0.396 e. The van der Waals surface area contributed by atoms with E-state index in [0.29, 0.717) is 24.8 Å². The summed E-state index contributed by atoms with van der Waals surface area (Å²) in [6.07, 6.45) is 2.60. The zero-order valence-electron chi connectivity index (χ0n) is 13.9. The molecule has 1 saturated heterocycles. The predicted octanol–water partition coefficient (Wildman–Crippen LogP) is 2.44. The van der Waals surface area contributed by atoms with Gasteiger partial charge >= 0.3 is 6.03 Å². The lowest BCUT2D eigenvalue weighted by Gasteiger charge is -2.36. The Hall–Kier alpha value is -1.66. The van der Waals surface area contributed by atoms with Gasteiger partial charge in [-0.25, -0.2) is 9.18 Å². The van der Waals surface area contributed by atoms with Crippen molar-refractivity contribution in [2.75, 3.05) is 38.6 Å². The summed E-state index contributed by atoms with van der Waals surface area (Å²) in [4.78, 5) is 16.4. The highest BCUT2D eigenvalue weighted by Gasteiger charge is 2.25. The quantitative estimate of drug-likeness (QED) is 0.875. The van der Waals surface area contributed by atoms with E-state index in [1.807, 2.05) is 6.92 Å². The molecule has 0 unspecified atom stereocenters. The van der Waals surface area contributed by atoms with Crippen molar-refractivity contribution in [3.05, 3.63) is 29.6 Å². The summed E-state index contributed by atoms with van der Waals surface area (Å²) in [6.45, 7) is 4.30. The van der Waals surface area contributed by atoms with Crippen LogP contribution in [0.4, 0.5) is 14.9 Å². The number of likely N-dealkylation sites (tertiary alicyclic amines) is 1. The van der Waals surface area contributed by atoms with Gasteiger partial charge in [-0.05, 0) is 50.9 Å². The largest absolute Gasteiger partial charge is 0.396 e. The molecule has 1 aliphatic heterocycles. The monoisotopic (exact) mass is 323 g/mol. The predicted molar refractivity (Wildman–Crippen MR) is 89.1 cm³/mol. The molecule has 1 aromatic rings. The minimum atomic E-state index is -0.352. The molecule has 0 atom stereocenters. The fourth-order valence-corrected chi connectivity index (χ4v) is 2.94. The number of nitrogens with zero attached hydrogens (tertiary/aromatic N) is 2. The van der Waals surface area contributed by atoms with Gasteiger partial charge in [0.15, 0.2) is 0 Å². The van der Waals surface area contributed by atoms with Crippen LogP contribution in [0.5, 0.6) is 0 Å². The van der Waals surface area contributed by atoms with Crippen molar-refractivity contribution < 1.29 is 14.3 Å². The molecule has 6 heteroatoms. The van der Waals surface area contributed by atoms with Gasteiger partial charge in [0.25, 0.3) is 0 Å². The summed E-state index contributed by atoms with van der Waals surface area (Å²) < 4.78 is 13.3. The molecule has 0 saturated carbocycles. The number of hydrogen-bond acceptors (Lipinski definition) is 3. The van der Waals surface area contributed by atoms with Gasteiger partial charge < -0.3 is 20.2 Å². The topological polar surface area (TPSA) is 55.8 Å². The molecule has 2 N–H and O–H groups in total. The fraction of sp³-hybridized carbons (Fsp3) is 0.588. The average molecular weight is 323 g/mol. The number of carbonyl (C=O) groups excluding carboxylic acids is 1. The van der Waals surface area contributed by atoms with Crippen LogP contribution in [0.15, 0.2) is 18.2 Å². The van der Waals surface area contributed by atoms with Crippen molar-refractivity contribution >= 4 is 11.7 Å². The number of rotatable bonds is 5. The van der Waals surface area contributed by atoms with E-state index in [2.05, 4.69) is 17.3 Å². The van der Waals surface area contributed by atoms with Gasteiger partial charge in [-0.3, -0.25) is 0 Å². The minimum absolute atomic E-state index is 0.171. The Bertz CT molecular complexity index is 531. The average Bonchev–Trinajstić information content (AvgIpc) is 2.56. The van der Waals surface area contributed by atoms with Gasteiger partial charge in [-0.1, -0.05) is 6.07 Å². The molecule has 5 nitrogen and oxygen atoms in total. The summed E-state index contributed by atoms with van der Waals surface area (Å²) in [7, 11) is 2.06. The number of halogens is 1. The van der Waals surface area contributed by atoms with E-state index in [-0.39, 0.29) is 18.5 Å². The fourth-order valence-electron chi connectivity index (χ4n) is 2.94. The Balaban J connectivity index is 1.85. The SMILES string of the molecule is Cc1ccc(F)cc1NC(=O)N1CCC(N(C)CCCO)CC1. The Labute approximate surface area is 137 Å². The second kappa shape index (κ2) is 8.26. The highest BCUT2D eigenvalue weighted by molar-refractivity contribution is 5.90. The van der Waals surface area contributed by atoms with Crippen LogP contribution in [0.1, 0.15) is 24.8 Å². The Morgan fingerprint density at radius 3 is 2.78 bits per heavy atom. The van der Waals surface area contributed by atoms with E-state index in [1.165, 1.54) is 12.1 Å². The second-order valence-corrected chi connectivity index (χ2v) is 6.17. The number of urea groups is 1. The number of hydrogen-bond donors (Lipinski definition) is 2. The molecule has 1 heterocycles. The molecule has 0 aliphatic carbocycles. The summed E-state index contributed by atoms with van der Waals surface area (Å²) >= 11 is 0. The zero-order chi connectivity index (χ0) is 16.8. The summed E-state index contributed by atoms with van der Waals surface area (Å²) in [5, 5.41) is 11.7. The maximum Gasteiger partial charge on any atom is 0.321 e. The lowest BCUT2D eigenvalue weighted by molar-refractivity contribution is 0.134. The number of aliphatic hydroxyl groups excluding tert-OH is 1. The van der Waals surface area contributed by atoms with Crippen LogP contribution in [0.2, 0.25) is 0 Å². The number of nitrogens with one attached hydrogen (secondary N) is 1. The van der Waals surface area contributed by atoms with Crippen LogP contribution in [0.25, 0.3) is 0 Å². The number of anilines is 1. The second-order valence-electron chi connectivity index (χ2n) is 6.17. The Kier molecular flexibility index (Phi) is 6.36. The van der Waals surface area contributed by atoms with Gasteiger partial charge in [-0.15, -0.1) is 0 Å². The maximum absolute atomic E-state index is 13.3. The van der Waals surface area contributed by atoms with Crippen LogP contribution >= 0.6 is 0 Å². The van der Waals surface area contributed by atoms with E-state index in [1.54, 1.807) is 11.0 Å². The molecule has 2 amide bonds. The van der Waals surface area contributed by atoms with Crippen LogP contribution in [0, 0.1) is 12.7 Å². The highest BCUT2D eigenvalue weighted by Crippen LogP contribution is 2.19. The van der Waals surface area contributed by atoms with Gasteiger partial charge in [0.1, 0.15) is 5.82 Å². The molecular formula is C17H26FN3O2. The first-order valence-electron chi connectivity index (χ1n) is 8.14. The van der Waals surface area contributed by atoms with E-state index in [9.17, 15) is 9.18 Å². The molecule has 128 valence electrons. The van der Waals surface area contributed by atoms with Crippen molar-refractivity contribution in [1.82, 2.24) is 9.80 Å².